The fourth-order valence-electron chi connectivity index (χ4n) is 4.63. The molecule has 0 spiro atoms. The third-order valence-electron chi connectivity index (χ3n) is 6.37. The number of benzene rings is 2. The number of hydrogen-bond acceptors (Lipinski definition) is 4. The SMILES string of the molecule is Cc1cc(N2C[C@H](c3nc4ccccc4n3CCN3CCOCC3)CC2=O)ccc1Cl. The summed E-state index contributed by atoms with van der Waals surface area (Å²) in [5, 5.41) is 0.719. The Labute approximate surface area is 187 Å². The van der Waals surface area contributed by atoms with Crippen LogP contribution >= 0.6 is 11.6 Å². The quantitative estimate of drug-likeness (QED) is 0.607. The van der Waals surface area contributed by atoms with E-state index in [2.05, 4.69) is 27.7 Å². The first-order valence-corrected chi connectivity index (χ1v) is 11.3. The molecule has 0 N–H and O–H groups in total. The number of hydrogen-bond donors (Lipinski definition) is 0. The van der Waals surface area contributed by atoms with Crippen LogP contribution in [0.25, 0.3) is 11.0 Å². The second kappa shape index (κ2) is 8.61. The number of ether oxygens (including phenoxy) is 1. The number of morpholine rings is 1. The number of imidazole rings is 1. The molecule has 0 radical (unpaired) electrons. The van der Waals surface area contributed by atoms with Crippen molar-refractivity contribution in [2.45, 2.75) is 25.8 Å². The molecule has 2 saturated heterocycles. The Morgan fingerprint density at radius 2 is 1.94 bits per heavy atom. The summed E-state index contributed by atoms with van der Waals surface area (Å²) in [4.78, 5) is 22.2. The zero-order chi connectivity index (χ0) is 21.4. The van der Waals surface area contributed by atoms with Crippen LogP contribution in [0.3, 0.4) is 0 Å². The second-order valence-corrected chi connectivity index (χ2v) is 8.81. The van der Waals surface area contributed by atoms with E-state index in [1.807, 2.05) is 36.1 Å². The summed E-state index contributed by atoms with van der Waals surface area (Å²) in [6, 6.07) is 14.0. The average Bonchev–Trinajstić information content (AvgIpc) is 3.35. The zero-order valence-electron chi connectivity index (χ0n) is 17.8. The minimum atomic E-state index is 0.0700. The number of rotatable bonds is 5. The maximum atomic E-state index is 12.9. The molecule has 0 unspecified atom stereocenters. The summed E-state index contributed by atoms with van der Waals surface area (Å²) in [5.74, 6) is 1.22. The van der Waals surface area contributed by atoms with Gasteiger partial charge in [0.15, 0.2) is 0 Å². The van der Waals surface area contributed by atoms with Gasteiger partial charge in [-0.25, -0.2) is 4.98 Å². The molecule has 6 nitrogen and oxygen atoms in total. The lowest BCUT2D eigenvalue weighted by Gasteiger charge is -2.27. The zero-order valence-corrected chi connectivity index (χ0v) is 18.5. The number of amides is 1. The van der Waals surface area contributed by atoms with Crippen molar-refractivity contribution in [3.63, 3.8) is 0 Å². The Bertz CT molecular complexity index is 1110. The molecule has 2 aliphatic heterocycles. The summed E-state index contributed by atoms with van der Waals surface area (Å²) < 4.78 is 7.80. The lowest BCUT2D eigenvalue weighted by atomic mass is 10.1. The summed E-state index contributed by atoms with van der Waals surface area (Å²) in [5.41, 5.74) is 4.02. The normalized spacial score (nSPS) is 20.1. The van der Waals surface area contributed by atoms with E-state index in [1.54, 1.807) is 0 Å². The van der Waals surface area contributed by atoms with Crippen LogP contribution in [-0.2, 0) is 16.1 Å². The Morgan fingerprint density at radius 3 is 2.74 bits per heavy atom. The van der Waals surface area contributed by atoms with Crippen LogP contribution in [0, 0.1) is 6.92 Å². The average molecular weight is 439 g/mol. The number of fused-ring (bicyclic) bond motifs is 1. The summed E-state index contributed by atoms with van der Waals surface area (Å²) in [6.07, 6.45) is 0.475. The maximum absolute atomic E-state index is 12.9. The van der Waals surface area contributed by atoms with Gasteiger partial charge >= 0.3 is 0 Å². The van der Waals surface area contributed by atoms with Gasteiger partial charge in [-0.05, 0) is 42.8 Å². The smallest absolute Gasteiger partial charge is 0.227 e. The highest BCUT2D eigenvalue weighted by Crippen LogP contribution is 2.34. The van der Waals surface area contributed by atoms with Crippen LogP contribution in [0.4, 0.5) is 5.69 Å². The molecule has 2 aliphatic rings. The van der Waals surface area contributed by atoms with E-state index in [9.17, 15) is 4.79 Å². The van der Waals surface area contributed by atoms with Gasteiger partial charge in [0, 0.05) is 55.8 Å². The van der Waals surface area contributed by atoms with Gasteiger partial charge in [0.2, 0.25) is 5.91 Å². The van der Waals surface area contributed by atoms with Gasteiger partial charge in [0.25, 0.3) is 0 Å². The lowest BCUT2D eigenvalue weighted by molar-refractivity contribution is -0.117. The van der Waals surface area contributed by atoms with Crippen molar-refractivity contribution < 1.29 is 9.53 Å². The van der Waals surface area contributed by atoms with Gasteiger partial charge in [-0.15, -0.1) is 0 Å². The number of halogens is 1. The molecule has 2 aromatic carbocycles. The molecule has 0 bridgehead atoms. The van der Waals surface area contributed by atoms with Gasteiger partial charge in [-0.3, -0.25) is 9.69 Å². The van der Waals surface area contributed by atoms with Gasteiger partial charge in [-0.2, -0.15) is 0 Å². The van der Waals surface area contributed by atoms with E-state index in [0.29, 0.717) is 13.0 Å². The van der Waals surface area contributed by atoms with Crippen molar-refractivity contribution in [2.75, 3.05) is 44.3 Å². The number of carbonyl (C=O) groups is 1. The Morgan fingerprint density at radius 1 is 1.13 bits per heavy atom. The van der Waals surface area contributed by atoms with E-state index in [-0.39, 0.29) is 11.8 Å². The van der Waals surface area contributed by atoms with Crippen molar-refractivity contribution in [1.29, 1.82) is 0 Å². The van der Waals surface area contributed by atoms with Crippen LogP contribution < -0.4 is 4.90 Å². The maximum Gasteiger partial charge on any atom is 0.227 e. The molecule has 3 heterocycles. The van der Waals surface area contributed by atoms with Gasteiger partial charge in [0.1, 0.15) is 5.82 Å². The molecule has 5 rings (SSSR count). The van der Waals surface area contributed by atoms with E-state index in [0.717, 1.165) is 72.5 Å². The Hall–Kier alpha value is -2.41. The Kier molecular flexibility index (Phi) is 5.69. The third kappa shape index (κ3) is 4.07. The van der Waals surface area contributed by atoms with Gasteiger partial charge in [0.05, 0.1) is 24.2 Å². The molecule has 0 saturated carbocycles. The molecule has 0 aliphatic carbocycles. The number of para-hydroxylation sites is 2. The van der Waals surface area contributed by atoms with E-state index >= 15 is 0 Å². The first kappa shape index (κ1) is 20.5. The first-order chi connectivity index (χ1) is 15.1. The van der Waals surface area contributed by atoms with E-state index in [4.69, 9.17) is 21.3 Å². The molecule has 3 aromatic rings. The van der Waals surface area contributed by atoms with Crippen molar-refractivity contribution in [3.05, 3.63) is 58.9 Å². The number of nitrogens with zero attached hydrogens (tertiary/aromatic N) is 4. The molecule has 7 heteroatoms. The molecule has 2 fully saturated rings. The first-order valence-electron chi connectivity index (χ1n) is 10.9. The van der Waals surface area contributed by atoms with Gasteiger partial charge in [-0.1, -0.05) is 23.7 Å². The highest BCUT2D eigenvalue weighted by Gasteiger charge is 2.35. The monoisotopic (exact) mass is 438 g/mol. The minimum absolute atomic E-state index is 0.0700. The molecule has 31 heavy (non-hydrogen) atoms. The highest BCUT2D eigenvalue weighted by molar-refractivity contribution is 6.31. The summed E-state index contributed by atoms with van der Waals surface area (Å²) in [6.45, 7) is 7.95. The molecular weight excluding hydrogens is 412 g/mol. The highest BCUT2D eigenvalue weighted by atomic mass is 35.5. The van der Waals surface area contributed by atoms with Crippen LogP contribution in [0.5, 0.6) is 0 Å². The fraction of sp³-hybridized carbons (Fsp3) is 0.417. The van der Waals surface area contributed by atoms with Crippen molar-refractivity contribution in [3.8, 4) is 0 Å². The lowest BCUT2D eigenvalue weighted by Crippen LogP contribution is -2.38. The predicted molar refractivity (Wildman–Crippen MR) is 123 cm³/mol. The summed E-state index contributed by atoms with van der Waals surface area (Å²) >= 11 is 6.18. The largest absolute Gasteiger partial charge is 0.379 e. The topological polar surface area (TPSA) is 50.6 Å². The third-order valence-corrected chi connectivity index (χ3v) is 6.80. The van der Waals surface area contributed by atoms with Gasteiger partial charge < -0.3 is 14.2 Å². The fourth-order valence-corrected chi connectivity index (χ4v) is 4.75. The predicted octanol–water partition coefficient (Wildman–Crippen LogP) is 3.85. The van der Waals surface area contributed by atoms with Crippen LogP contribution in [0.15, 0.2) is 42.5 Å². The summed E-state index contributed by atoms with van der Waals surface area (Å²) in [7, 11) is 0. The van der Waals surface area contributed by atoms with E-state index in [1.165, 1.54) is 0 Å². The van der Waals surface area contributed by atoms with Crippen molar-refractivity contribution in [1.82, 2.24) is 14.5 Å². The number of aromatic nitrogens is 2. The standard InChI is InChI=1S/C24H27ClN4O2/c1-17-14-19(6-7-20(17)25)29-16-18(15-23(29)30)24-26-21-4-2-3-5-22(21)28(24)9-8-27-10-12-31-13-11-27/h2-7,14,18H,8-13,15-16H2,1H3/t18-/m1/s1. The number of anilines is 1. The molecule has 162 valence electrons. The molecule has 1 aromatic heterocycles. The second-order valence-electron chi connectivity index (χ2n) is 8.40. The Balaban J connectivity index is 1.42. The van der Waals surface area contributed by atoms with Crippen LogP contribution in [-0.4, -0.2) is 59.8 Å². The van der Waals surface area contributed by atoms with Crippen LogP contribution in [0.2, 0.25) is 5.02 Å². The number of carbonyl (C=O) groups excluding carboxylic acids is 1. The van der Waals surface area contributed by atoms with Crippen molar-refractivity contribution in [2.24, 2.45) is 0 Å². The van der Waals surface area contributed by atoms with Crippen molar-refractivity contribution >= 4 is 34.2 Å². The molecule has 1 atom stereocenters. The minimum Gasteiger partial charge on any atom is -0.379 e. The van der Waals surface area contributed by atoms with E-state index < -0.39 is 0 Å². The number of aryl methyl sites for hydroxylation is 1. The van der Waals surface area contributed by atoms with Crippen LogP contribution in [0.1, 0.15) is 23.7 Å². The molecular formula is C24H27ClN4O2. The molecule has 1 amide bonds.